The van der Waals surface area contributed by atoms with Crippen LogP contribution in [0.3, 0.4) is 0 Å². The monoisotopic (exact) mass is 470 g/mol. The van der Waals surface area contributed by atoms with Crippen molar-refractivity contribution in [1.82, 2.24) is 0 Å². The largest absolute Gasteiger partial charge is 0.481 e. The molecule has 0 atom stereocenters. The molecular formula is C13H28NO11S3+. The van der Waals surface area contributed by atoms with E-state index < -0.39 is 53.6 Å². The van der Waals surface area contributed by atoms with E-state index in [1.807, 2.05) is 0 Å². The normalized spacial score (nSPS) is 13.5. The predicted octanol–water partition coefficient (Wildman–Crippen LogP) is -0.498. The first-order valence-electron chi connectivity index (χ1n) is 8.46. The van der Waals surface area contributed by atoms with Crippen molar-refractivity contribution < 1.29 is 53.3 Å². The lowest BCUT2D eigenvalue weighted by Crippen LogP contribution is -2.52. The molecule has 0 aliphatic carbocycles. The van der Waals surface area contributed by atoms with Gasteiger partial charge in [0.1, 0.15) is 0 Å². The maximum absolute atomic E-state index is 11.0. The molecule has 168 valence electrons. The molecule has 0 aliphatic rings. The van der Waals surface area contributed by atoms with Gasteiger partial charge in [0, 0.05) is 25.7 Å². The van der Waals surface area contributed by atoms with E-state index in [4.69, 9.17) is 18.8 Å². The molecule has 0 amide bonds. The molecule has 0 aliphatic heterocycles. The van der Waals surface area contributed by atoms with Gasteiger partial charge in [-0.05, 0) is 0 Å². The Kier molecular flexibility index (Phi) is 11.0. The van der Waals surface area contributed by atoms with Crippen LogP contribution in [0.15, 0.2) is 0 Å². The van der Waals surface area contributed by atoms with Crippen LogP contribution >= 0.6 is 0 Å². The van der Waals surface area contributed by atoms with Gasteiger partial charge < -0.3 is 9.59 Å². The molecular weight excluding hydrogens is 442 g/mol. The molecule has 0 spiro atoms. The molecule has 0 saturated carbocycles. The summed E-state index contributed by atoms with van der Waals surface area (Å²) in [5.41, 5.74) is 0. The molecule has 0 bridgehead atoms. The van der Waals surface area contributed by atoms with E-state index in [0.29, 0.717) is 0 Å². The van der Waals surface area contributed by atoms with Gasteiger partial charge in [-0.15, -0.1) is 0 Å². The van der Waals surface area contributed by atoms with Crippen molar-refractivity contribution in [3.63, 3.8) is 0 Å². The van der Waals surface area contributed by atoms with Crippen molar-refractivity contribution in [2.45, 2.75) is 32.1 Å². The Morgan fingerprint density at radius 2 is 0.893 bits per heavy atom. The SMILES string of the molecule is O=C(O)CCC[N+](CCCS(=O)(=O)O)(CCCS(=O)(=O)O)CCCS(=O)(=O)O. The van der Waals surface area contributed by atoms with Gasteiger partial charge in [-0.25, -0.2) is 0 Å². The lowest BCUT2D eigenvalue weighted by Gasteiger charge is -2.39. The number of carboxylic acid groups (broad SMARTS) is 1. The first-order chi connectivity index (χ1) is 12.5. The predicted molar refractivity (Wildman–Crippen MR) is 99.7 cm³/mol. The highest BCUT2D eigenvalue weighted by Crippen LogP contribution is 2.16. The van der Waals surface area contributed by atoms with Crippen molar-refractivity contribution in [2.24, 2.45) is 0 Å². The summed E-state index contributed by atoms with van der Waals surface area (Å²) in [7, 11) is -12.7. The number of aliphatic carboxylic acids is 1. The van der Waals surface area contributed by atoms with E-state index >= 15 is 0 Å². The van der Waals surface area contributed by atoms with Crippen LogP contribution in [0.2, 0.25) is 0 Å². The smallest absolute Gasteiger partial charge is 0.303 e. The van der Waals surface area contributed by atoms with Gasteiger partial charge >= 0.3 is 5.97 Å². The molecule has 0 radical (unpaired) electrons. The highest BCUT2D eigenvalue weighted by atomic mass is 32.2. The average molecular weight is 471 g/mol. The fraction of sp³-hybridized carbons (Fsp3) is 0.923. The zero-order chi connectivity index (χ0) is 22.1. The summed E-state index contributed by atoms with van der Waals surface area (Å²) in [6.45, 7) is 0.512. The van der Waals surface area contributed by atoms with E-state index in [1.54, 1.807) is 0 Å². The Bertz CT molecular complexity index is 710. The Morgan fingerprint density at radius 1 is 0.607 bits per heavy atom. The molecule has 12 nitrogen and oxygen atoms in total. The standard InChI is InChI=1S/C13H27NO11S3/c15-13(16)5-1-6-14(7-2-10-26(17,18)19,8-3-11-27(20,21)22)9-4-12-28(23,24)25/h1-12H2,(H3-,15,16,17,18,19,20,21,22,23,24,25)/p+1. The van der Waals surface area contributed by atoms with Crippen LogP contribution in [0.4, 0.5) is 0 Å². The first kappa shape index (κ1) is 27.2. The second kappa shape index (κ2) is 11.4. The van der Waals surface area contributed by atoms with Gasteiger partial charge in [0.25, 0.3) is 30.4 Å². The topological polar surface area (TPSA) is 200 Å². The molecule has 0 saturated heterocycles. The summed E-state index contributed by atoms with van der Waals surface area (Å²) in [5, 5.41) is 8.81. The molecule has 28 heavy (non-hydrogen) atoms. The number of carboxylic acids is 1. The lowest BCUT2D eigenvalue weighted by molar-refractivity contribution is -0.928. The lowest BCUT2D eigenvalue weighted by atomic mass is 10.2. The van der Waals surface area contributed by atoms with Gasteiger partial charge in [-0.2, -0.15) is 25.3 Å². The first-order valence-corrected chi connectivity index (χ1v) is 13.3. The third-order valence-corrected chi connectivity index (χ3v) is 6.54. The minimum Gasteiger partial charge on any atom is -0.481 e. The minimum absolute atomic E-state index is 0.00611. The summed E-state index contributed by atoms with van der Waals surface area (Å²) in [6.07, 6.45) is -0.106. The van der Waals surface area contributed by atoms with Gasteiger partial charge in [-0.1, -0.05) is 0 Å². The van der Waals surface area contributed by atoms with Crippen LogP contribution in [0.25, 0.3) is 0 Å². The Morgan fingerprint density at radius 3 is 1.14 bits per heavy atom. The average Bonchev–Trinajstić information content (AvgIpc) is 2.42. The number of hydrogen-bond acceptors (Lipinski definition) is 7. The number of carbonyl (C=O) groups is 1. The number of nitrogens with zero attached hydrogens (tertiary/aromatic N) is 1. The van der Waals surface area contributed by atoms with Crippen LogP contribution in [0, 0.1) is 0 Å². The van der Waals surface area contributed by atoms with E-state index in [1.165, 1.54) is 0 Å². The summed E-state index contributed by atoms with van der Waals surface area (Å²) >= 11 is 0. The van der Waals surface area contributed by atoms with Crippen molar-refractivity contribution >= 4 is 36.3 Å². The maximum atomic E-state index is 11.0. The Labute approximate surface area is 165 Å². The second-order valence-electron chi connectivity index (χ2n) is 6.65. The Balaban J connectivity index is 5.34. The van der Waals surface area contributed by atoms with E-state index in [0.717, 1.165) is 0 Å². The zero-order valence-corrected chi connectivity index (χ0v) is 17.8. The van der Waals surface area contributed by atoms with Gasteiger partial charge in [0.15, 0.2) is 0 Å². The summed E-state index contributed by atoms with van der Waals surface area (Å²) in [4.78, 5) is 10.8. The molecule has 0 aromatic heterocycles. The van der Waals surface area contributed by atoms with Crippen molar-refractivity contribution in [1.29, 1.82) is 0 Å². The highest BCUT2D eigenvalue weighted by molar-refractivity contribution is 7.86. The van der Waals surface area contributed by atoms with Gasteiger partial charge in [0.2, 0.25) is 0 Å². The van der Waals surface area contributed by atoms with Gasteiger partial charge in [-0.3, -0.25) is 18.5 Å². The second-order valence-corrected chi connectivity index (χ2v) is 11.4. The number of rotatable bonds is 16. The third-order valence-electron chi connectivity index (χ3n) is 4.13. The van der Waals surface area contributed by atoms with Gasteiger partial charge in [0.05, 0.1) is 49.9 Å². The summed E-state index contributed by atoms with van der Waals surface area (Å²) in [6, 6.07) is 0. The third kappa shape index (κ3) is 16.1. The molecule has 0 unspecified atom stereocenters. The maximum Gasteiger partial charge on any atom is 0.303 e. The molecule has 0 rings (SSSR count). The Hall–Kier alpha value is -0.840. The van der Waals surface area contributed by atoms with Crippen molar-refractivity contribution in [3.05, 3.63) is 0 Å². The molecule has 4 N–H and O–H groups in total. The number of quaternary nitrogens is 1. The highest BCUT2D eigenvalue weighted by Gasteiger charge is 2.28. The van der Waals surface area contributed by atoms with Crippen molar-refractivity contribution in [3.8, 4) is 0 Å². The molecule has 15 heteroatoms. The molecule has 0 heterocycles. The van der Waals surface area contributed by atoms with Crippen LogP contribution in [0.1, 0.15) is 32.1 Å². The minimum atomic E-state index is -4.24. The van der Waals surface area contributed by atoms with Crippen LogP contribution in [0.5, 0.6) is 0 Å². The zero-order valence-electron chi connectivity index (χ0n) is 15.3. The molecule has 0 aromatic rings. The summed E-state index contributed by atoms with van der Waals surface area (Å²) < 4.78 is 92.4. The van der Waals surface area contributed by atoms with Crippen molar-refractivity contribution in [2.75, 3.05) is 43.4 Å². The fourth-order valence-corrected chi connectivity index (χ4v) is 4.47. The fourth-order valence-electron chi connectivity index (χ4n) is 2.98. The van der Waals surface area contributed by atoms with Crippen LogP contribution < -0.4 is 0 Å². The van der Waals surface area contributed by atoms with E-state index in [2.05, 4.69) is 0 Å². The molecule has 0 aromatic carbocycles. The van der Waals surface area contributed by atoms with Crippen LogP contribution in [-0.2, 0) is 35.1 Å². The quantitative estimate of drug-likeness (QED) is 0.167. The van der Waals surface area contributed by atoms with E-state index in [9.17, 15) is 30.0 Å². The van der Waals surface area contributed by atoms with Crippen LogP contribution in [-0.4, -0.2) is 97.9 Å². The number of hydrogen-bond donors (Lipinski definition) is 4. The molecule has 0 fully saturated rings. The summed E-state index contributed by atoms with van der Waals surface area (Å²) in [5.74, 6) is -2.76. The van der Waals surface area contributed by atoms with E-state index in [-0.39, 0.29) is 62.8 Å².